The van der Waals surface area contributed by atoms with Crippen LogP contribution < -0.4 is 10.9 Å². The second-order valence-corrected chi connectivity index (χ2v) is 11.7. The molecule has 38 heavy (non-hydrogen) atoms. The van der Waals surface area contributed by atoms with Crippen molar-refractivity contribution in [3.63, 3.8) is 0 Å². The molecule has 1 amide bonds. The van der Waals surface area contributed by atoms with Crippen LogP contribution in [0.4, 0.5) is 14.5 Å². The van der Waals surface area contributed by atoms with Crippen LogP contribution >= 0.6 is 34.7 Å². The van der Waals surface area contributed by atoms with Crippen LogP contribution in [-0.2, 0) is 17.6 Å². The number of carbonyl (C=O) groups excluding carboxylic acids is 1. The number of fused-ring (bicyclic) bond motifs is 5. The number of aryl methyl sites for hydroxylation is 3. The molecule has 0 fully saturated rings. The third-order valence-corrected chi connectivity index (χ3v) is 9.08. The zero-order valence-electron chi connectivity index (χ0n) is 20.2. The molecule has 2 N–H and O–H groups in total. The number of hydrogen-bond donors (Lipinski definition) is 2. The standard InChI is InChI=1S/C27H21ClF2N4O2S2/c1-13-6-7-14(10-19(13)30)31-21(35)12-37-27-33-23-22-16-4-2-3-5-20(16)38-25(22)32-24(23)26(36)34(27)15-8-9-18(29)17(28)11-15/h6-11,32H,2-5,12H2,1H3,(H,31,35). The fraction of sp³-hybridized carbons (Fsp3) is 0.222. The minimum atomic E-state index is -0.608. The quantitative estimate of drug-likeness (QED) is 0.180. The Morgan fingerprint density at radius 3 is 2.79 bits per heavy atom. The number of thioether (sulfide) groups is 1. The summed E-state index contributed by atoms with van der Waals surface area (Å²) in [6.07, 6.45) is 4.16. The van der Waals surface area contributed by atoms with E-state index in [-0.39, 0.29) is 27.4 Å². The van der Waals surface area contributed by atoms with Crippen LogP contribution in [-0.4, -0.2) is 26.2 Å². The number of aromatic nitrogens is 3. The Balaban J connectivity index is 1.43. The van der Waals surface area contributed by atoms with Crippen LogP contribution in [0.1, 0.15) is 28.8 Å². The van der Waals surface area contributed by atoms with Gasteiger partial charge in [0.25, 0.3) is 5.56 Å². The van der Waals surface area contributed by atoms with Gasteiger partial charge in [-0.05, 0) is 74.1 Å². The second-order valence-electron chi connectivity index (χ2n) is 9.20. The summed E-state index contributed by atoms with van der Waals surface area (Å²) >= 11 is 8.75. The van der Waals surface area contributed by atoms with Crippen molar-refractivity contribution in [1.29, 1.82) is 0 Å². The highest BCUT2D eigenvalue weighted by Gasteiger charge is 2.24. The number of hydrogen-bond acceptors (Lipinski definition) is 5. The zero-order chi connectivity index (χ0) is 26.6. The van der Waals surface area contributed by atoms with Gasteiger partial charge in [0, 0.05) is 16.0 Å². The fourth-order valence-electron chi connectivity index (χ4n) is 4.76. The van der Waals surface area contributed by atoms with Gasteiger partial charge in [0.15, 0.2) is 5.16 Å². The maximum Gasteiger partial charge on any atom is 0.283 e. The molecule has 0 saturated heterocycles. The number of aromatic amines is 1. The maximum absolute atomic E-state index is 13.9. The number of halogens is 3. The van der Waals surface area contributed by atoms with E-state index in [2.05, 4.69) is 10.3 Å². The highest BCUT2D eigenvalue weighted by Crippen LogP contribution is 2.39. The Kier molecular flexibility index (Phi) is 6.49. The number of amides is 1. The Morgan fingerprint density at radius 2 is 2.00 bits per heavy atom. The lowest BCUT2D eigenvalue weighted by Crippen LogP contribution is -2.23. The molecule has 1 aliphatic rings. The number of nitrogens with one attached hydrogen (secondary N) is 2. The first kappa shape index (κ1) is 25.1. The molecule has 6 rings (SSSR count). The Morgan fingerprint density at radius 1 is 1.18 bits per heavy atom. The van der Waals surface area contributed by atoms with Crippen molar-refractivity contribution in [2.45, 2.75) is 37.8 Å². The van der Waals surface area contributed by atoms with Crippen molar-refractivity contribution >= 4 is 67.5 Å². The largest absolute Gasteiger partial charge is 0.340 e. The first-order valence-electron chi connectivity index (χ1n) is 12.0. The van der Waals surface area contributed by atoms with Gasteiger partial charge in [-0.3, -0.25) is 14.2 Å². The van der Waals surface area contributed by atoms with Crippen LogP contribution in [0.15, 0.2) is 46.3 Å². The zero-order valence-corrected chi connectivity index (χ0v) is 22.5. The first-order valence-corrected chi connectivity index (χ1v) is 14.2. The van der Waals surface area contributed by atoms with Gasteiger partial charge in [-0.15, -0.1) is 11.3 Å². The number of nitrogens with zero attached hydrogens (tertiary/aromatic N) is 2. The molecule has 0 spiro atoms. The van der Waals surface area contributed by atoms with Gasteiger partial charge >= 0.3 is 0 Å². The number of carbonyl (C=O) groups is 1. The molecule has 0 aliphatic heterocycles. The molecule has 0 saturated carbocycles. The van der Waals surface area contributed by atoms with Crippen molar-refractivity contribution < 1.29 is 13.6 Å². The van der Waals surface area contributed by atoms with Crippen molar-refractivity contribution in [2.24, 2.45) is 0 Å². The normalized spacial score (nSPS) is 13.3. The monoisotopic (exact) mass is 570 g/mol. The highest BCUT2D eigenvalue weighted by molar-refractivity contribution is 7.99. The van der Waals surface area contributed by atoms with Gasteiger partial charge in [-0.2, -0.15) is 0 Å². The smallest absolute Gasteiger partial charge is 0.283 e. The highest BCUT2D eigenvalue weighted by atomic mass is 35.5. The summed E-state index contributed by atoms with van der Waals surface area (Å²) in [5.74, 6) is -1.50. The van der Waals surface area contributed by atoms with E-state index < -0.39 is 11.6 Å². The van der Waals surface area contributed by atoms with Crippen LogP contribution in [0.2, 0.25) is 5.02 Å². The molecule has 5 aromatic rings. The molecule has 11 heteroatoms. The summed E-state index contributed by atoms with van der Waals surface area (Å²) < 4.78 is 29.2. The van der Waals surface area contributed by atoms with E-state index in [0.717, 1.165) is 47.7 Å². The third-order valence-electron chi connectivity index (χ3n) is 6.65. The van der Waals surface area contributed by atoms with Gasteiger partial charge in [-0.1, -0.05) is 29.4 Å². The molecule has 2 aromatic carbocycles. The number of anilines is 1. The predicted octanol–water partition coefficient (Wildman–Crippen LogP) is 6.78. The Labute approximate surface area is 229 Å². The van der Waals surface area contributed by atoms with Gasteiger partial charge in [0.05, 0.1) is 16.5 Å². The van der Waals surface area contributed by atoms with Crippen molar-refractivity contribution in [3.8, 4) is 5.69 Å². The molecule has 3 heterocycles. The fourth-order valence-corrected chi connectivity index (χ4v) is 7.04. The molecule has 6 nitrogen and oxygen atoms in total. The summed E-state index contributed by atoms with van der Waals surface area (Å²) in [7, 11) is 0. The van der Waals surface area contributed by atoms with Crippen molar-refractivity contribution in [2.75, 3.05) is 11.1 Å². The molecule has 3 aromatic heterocycles. The Bertz CT molecular complexity index is 1810. The molecular weight excluding hydrogens is 550 g/mol. The predicted molar refractivity (Wildman–Crippen MR) is 149 cm³/mol. The Hall–Kier alpha value is -3.21. The molecular formula is C27H21ClF2N4O2S2. The van der Waals surface area contributed by atoms with E-state index in [1.165, 1.54) is 39.3 Å². The lowest BCUT2D eigenvalue weighted by atomic mass is 9.97. The van der Waals surface area contributed by atoms with E-state index in [1.807, 2.05) is 0 Å². The number of H-pyrrole nitrogens is 1. The van der Waals surface area contributed by atoms with E-state index in [1.54, 1.807) is 30.4 Å². The van der Waals surface area contributed by atoms with Crippen molar-refractivity contribution in [3.05, 3.63) is 79.4 Å². The van der Waals surface area contributed by atoms with Gasteiger partial charge in [0.2, 0.25) is 5.91 Å². The average Bonchev–Trinajstić information content (AvgIpc) is 3.43. The van der Waals surface area contributed by atoms with E-state index >= 15 is 0 Å². The van der Waals surface area contributed by atoms with Gasteiger partial charge < -0.3 is 10.3 Å². The summed E-state index contributed by atoms with van der Waals surface area (Å²) in [5, 5.41) is 3.78. The summed E-state index contributed by atoms with van der Waals surface area (Å²) in [4.78, 5) is 36.9. The number of rotatable bonds is 5. The number of benzene rings is 2. The van der Waals surface area contributed by atoms with Gasteiger partial charge in [0.1, 0.15) is 27.5 Å². The first-order chi connectivity index (χ1) is 18.3. The van der Waals surface area contributed by atoms with Crippen LogP contribution in [0.5, 0.6) is 0 Å². The number of thiophene rings is 1. The molecule has 1 aliphatic carbocycles. The molecule has 0 unspecified atom stereocenters. The lowest BCUT2D eigenvalue weighted by molar-refractivity contribution is -0.113. The van der Waals surface area contributed by atoms with Gasteiger partial charge in [-0.25, -0.2) is 13.8 Å². The van der Waals surface area contributed by atoms with Crippen molar-refractivity contribution in [1.82, 2.24) is 14.5 Å². The molecule has 194 valence electrons. The van der Waals surface area contributed by atoms with E-state index in [0.29, 0.717) is 28.0 Å². The minimum Gasteiger partial charge on any atom is -0.340 e. The van der Waals surface area contributed by atoms with Crippen LogP contribution in [0, 0.1) is 18.6 Å². The van der Waals surface area contributed by atoms with E-state index in [9.17, 15) is 18.4 Å². The topological polar surface area (TPSA) is 79.8 Å². The maximum atomic E-state index is 13.9. The second kappa shape index (κ2) is 9.83. The third kappa shape index (κ3) is 4.40. The summed E-state index contributed by atoms with van der Waals surface area (Å²) in [6, 6.07) is 8.46. The molecule has 0 radical (unpaired) electrons. The summed E-state index contributed by atoms with van der Waals surface area (Å²) in [5.41, 5.74) is 2.93. The van der Waals surface area contributed by atoms with Crippen LogP contribution in [0.25, 0.3) is 26.9 Å². The van der Waals surface area contributed by atoms with Crippen LogP contribution in [0.3, 0.4) is 0 Å². The SMILES string of the molecule is Cc1ccc(NC(=O)CSc2nc3c([nH]c4sc5c(c43)CCCC5)c(=O)n2-c2ccc(F)c(Cl)c2)cc1F. The van der Waals surface area contributed by atoms with E-state index in [4.69, 9.17) is 16.6 Å². The lowest BCUT2D eigenvalue weighted by Gasteiger charge is -2.14. The average molecular weight is 571 g/mol. The minimum absolute atomic E-state index is 0.0856. The summed E-state index contributed by atoms with van der Waals surface area (Å²) in [6.45, 7) is 1.64. The molecule has 0 bridgehead atoms. The molecule has 0 atom stereocenters.